The van der Waals surface area contributed by atoms with Crippen molar-refractivity contribution in [2.24, 2.45) is 0 Å². The second kappa shape index (κ2) is 8.74. The smallest absolute Gasteiger partial charge is 0.272 e. The van der Waals surface area contributed by atoms with Crippen LogP contribution in [0.3, 0.4) is 0 Å². The van der Waals surface area contributed by atoms with Crippen LogP contribution in [-0.4, -0.2) is 30.1 Å². The van der Waals surface area contributed by atoms with Crippen molar-refractivity contribution in [2.45, 2.75) is 0 Å². The molecule has 0 saturated heterocycles. The minimum atomic E-state index is -0.676. The van der Waals surface area contributed by atoms with E-state index in [1.54, 1.807) is 31.4 Å². The maximum Gasteiger partial charge on any atom is 0.272 e. The molecule has 3 rings (SSSR count). The molecule has 0 saturated carbocycles. The molecule has 10 heteroatoms. The number of nitrogens with zero attached hydrogens (tertiary/aromatic N) is 2. The van der Waals surface area contributed by atoms with E-state index >= 15 is 0 Å². The molecular weight excluding hydrogens is 379 g/mol. The third kappa shape index (κ3) is 4.43. The van der Waals surface area contributed by atoms with Crippen LogP contribution in [0.5, 0.6) is 11.5 Å². The molecule has 2 aromatic carbocycles. The van der Waals surface area contributed by atoms with Gasteiger partial charge < -0.3 is 20.5 Å². The van der Waals surface area contributed by atoms with E-state index in [0.717, 1.165) is 0 Å². The second-order valence-corrected chi connectivity index (χ2v) is 5.73. The van der Waals surface area contributed by atoms with Gasteiger partial charge in [-0.15, -0.1) is 0 Å². The fourth-order valence-electron chi connectivity index (χ4n) is 2.46. The number of nitrogens with two attached hydrogens (primary N) is 1. The van der Waals surface area contributed by atoms with Crippen LogP contribution in [-0.2, 0) is 0 Å². The molecule has 0 spiro atoms. The molecule has 0 fully saturated rings. The number of hydrogen-bond donors (Lipinski definition) is 4. The summed E-state index contributed by atoms with van der Waals surface area (Å²) in [6.45, 7) is 0. The number of hydrogen-bond acceptors (Lipinski definition) is 8. The molecule has 0 atom stereocenters. The zero-order chi connectivity index (χ0) is 20.8. The second-order valence-electron chi connectivity index (χ2n) is 5.73. The number of methoxy groups -OCH3 is 2. The van der Waals surface area contributed by atoms with Gasteiger partial charge in [0, 0.05) is 6.07 Å². The number of rotatable bonds is 7. The predicted molar refractivity (Wildman–Crippen MR) is 107 cm³/mol. The van der Waals surface area contributed by atoms with Crippen LogP contribution >= 0.6 is 0 Å². The van der Waals surface area contributed by atoms with Crippen LogP contribution in [0.1, 0.15) is 10.4 Å². The molecule has 150 valence electrons. The number of nitrogens with one attached hydrogen (secondary N) is 3. The summed E-state index contributed by atoms with van der Waals surface area (Å²) in [6.07, 6.45) is 1.25. The molecule has 3 aromatic rings. The van der Waals surface area contributed by atoms with Gasteiger partial charge in [-0.25, -0.2) is 14.4 Å². The standard InChI is InChI=1S/C19H19FN6O3/c1-28-11-7-8-15(29-2)14(9-11)24-17-16(21)18(23-10-22-17)25-26-19(27)12-5-3-4-6-13(12)20/h3-10H,21H2,1-2H3,(H,26,27)(H2,22,23,24,25). The van der Waals surface area contributed by atoms with E-state index < -0.39 is 11.7 Å². The van der Waals surface area contributed by atoms with Gasteiger partial charge in [0.15, 0.2) is 11.6 Å². The third-order valence-electron chi connectivity index (χ3n) is 3.96. The van der Waals surface area contributed by atoms with Gasteiger partial charge in [0.05, 0.1) is 25.5 Å². The Bertz CT molecular complexity index is 1030. The number of ether oxygens (including phenoxy) is 2. The lowest BCUT2D eigenvalue weighted by atomic mass is 10.2. The van der Waals surface area contributed by atoms with Gasteiger partial charge in [-0.3, -0.25) is 15.6 Å². The van der Waals surface area contributed by atoms with E-state index in [9.17, 15) is 9.18 Å². The highest BCUT2D eigenvalue weighted by Crippen LogP contribution is 2.33. The van der Waals surface area contributed by atoms with Gasteiger partial charge in [0.2, 0.25) is 0 Å². The maximum atomic E-state index is 13.7. The van der Waals surface area contributed by atoms with Crippen LogP contribution in [0, 0.1) is 5.82 Å². The summed E-state index contributed by atoms with van der Waals surface area (Å²) < 4.78 is 24.2. The van der Waals surface area contributed by atoms with Crippen LogP contribution in [0.2, 0.25) is 0 Å². The average molecular weight is 398 g/mol. The lowest BCUT2D eigenvalue weighted by Gasteiger charge is -2.15. The molecule has 0 bridgehead atoms. The van der Waals surface area contributed by atoms with E-state index in [1.807, 2.05) is 0 Å². The predicted octanol–water partition coefficient (Wildman–Crippen LogP) is 2.72. The number of anilines is 4. The highest BCUT2D eigenvalue weighted by Gasteiger charge is 2.14. The highest BCUT2D eigenvalue weighted by molar-refractivity contribution is 5.95. The molecule has 0 radical (unpaired) electrons. The number of amides is 1. The number of hydrazine groups is 1. The Kier molecular flexibility index (Phi) is 5.93. The first-order chi connectivity index (χ1) is 14.0. The Hall–Kier alpha value is -4.08. The molecular formula is C19H19FN6O3. The van der Waals surface area contributed by atoms with E-state index in [1.165, 1.54) is 31.6 Å². The van der Waals surface area contributed by atoms with Gasteiger partial charge in [-0.05, 0) is 24.3 Å². The topological polar surface area (TPSA) is 123 Å². The van der Waals surface area contributed by atoms with Crippen LogP contribution in [0.4, 0.5) is 27.4 Å². The number of carbonyl (C=O) groups is 1. The number of carbonyl (C=O) groups excluding carboxylic acids is 1. The largest absolute Gasteiger partial charge is 0.497 e. The molecule has 1 amide bonds. The van der Waals surface area contributed by atoms with Gasteiger partial charge in [0.25, 0.3) is 5.91 Å². The summed E-state index contributed by atoms with van der Waals surface area (Å²) in [7, 11) is 3.08. The van der Waals surface area contributed by atoms with E-state index in [-0.39, 0.29) is 22.9 Å². The number of halogens is 1. The minimum absolute atomic E-state index is 0.118. The van der Waals surface area contributed by atoms with Crippen molar-refractivity contribution in [3.05, 3.63) is 60.2 Å². The van der Waals surface area contributed by atoms with Gasteiger partial charge in [0.1, 0.15) is 29.3 Å². The van der Waals surface area contributed by atoms with Gasteiger partial charge >= 0.3 is 0 Å². The monoisotopic (exact) mass is 398 g/mol. The molecule has 1 heterocycles. The van der Waals surface area contributed by atoms with Crippen molar-refractivity contribution >= 4 is 28.9 Å². The number of nitrogen functional groups attached to an aromatic ring is 1. The minimum Gasteiger partial charge on any atom is -0.497 e. The molecule has 0 unspecified atom stereocenters. The Morgan fingerprint density at radius 1 is 1.07 bits per heavy atom. The first kappa shape index (κ1) is 19.7. The quantitative estimate of drug-likeness (QED) is 0.448. The van der Waals surface area contributed by atoms with E-state index in [0.29, 0.717) is 17.2 Å². The van der Waals surface area contributed by atoms with E-state index in [2.05, 4.69) is 26.1 Å². The molecule has 0 aliphatic heterocycles. The van der Waals surface area contributed by atoms with Crippen molar-refractivity contribution in [1.82, 2.24) is 15.4 Å². The van der Waals surface area contributed by atoms with Crippen LogP contribution < -0.4 is 31.4 Å². The first-order valence-corrected chi connectivity index (χ1v) is 8.44. The van der Waals surface area contributed by atoms with E-state index in [4.69, 9.17) is 15.2 Å². The van der Waals surface area contributed by atoms with Crippen molar-refractivity contribution in [1.29, 1.82) is 0 Å². The summed E-state index contributed by atoms with van der Waals surface area (Å²) in [5, 5.41) is 3.04. The van der Waals surface area contributed by atoms with Crippen LogP contribution in [0.25, 0.3) is 0 Å². The van der Waals surface area contributed by atoms with Crippen molar-refractivity contribution in [3.8, 4) is 11.5 Å². The zero-order valence-corrected chi connectivity index (χ0v) is 15.7. The fourth-order valence-corrected chi connectivity index (χ4v) is 2.46. The Balaban J connectivity index is 1.78. The molecule has 1 aromatic heterocycles. The highest BCUT2D eigenvalue weighted by atomic mass is 19.1. The lowest BCUT2D eigenvalue weighted by Crippen LogP contribution is -2.31. The van der Waals surface area contributed by atoms with Crippen molar-refractivity contribution < 1.29 is 18.7 Å². The summed E-state index contributed by atoms with van der Waals surface area (Å²) in [6, 6.07) is 10.8. The Morgan fingerprint density at radius 3 is 2.55 bits per heavy atom. The summed E-state index contributed by atoms with van der Waals surface area (Å²) in [4.78, 5) is 20.2. The summed E-state index contributed by atoms with van der Waals surface area (Å²) in [5.74, 6) is 0.242. The SMILES string of the molecule is COc1ccc(OC)c(Nc2ncnc(NNC(=O)c3ccccc3F)c2N)c1. The normalized spacial score (nSPS) is 10.2. The third-order valence-corrected chi connectivity index (χ3v) is 3.96. The molecule has 5 N–H and O–H groups in total. The van der Waals surface area contributed by atoms with Crippen molar-refractivity contribution in [2.75, 3.05) is 30.7 Å². The molecule has 0 aliphatic rings. The lowest BCUT2D eigenvalue weighted by molar-refractivity contribution is 0.0958. The Morgan fingerprint density at radius 2 is 1.83 bits per heavy atom. The zero-order valence-electron chi connectivity index (χ0n) is 15.7. The fraction of sp³-hybridized carbons (Fsp3) is 0.105. The summed E-state index contributed by atoms with van der Waals surface area (Å²) >= 11 is 0. The maximum absolute atomic E-state index is 13.7. The van der Waals surface area contributed by atoms with Gasteiger partial charge in [-0.2, -0.15) is 0 Å². The first-order valence-electron chi connectivity index (χ1n) is 8.44. The molecule has 29 heavy (non-hydrogen) atoms. The molecule has 9 nitrogen and oxygen atoms in total. The molecule has 0 aliphatic carbocycles. The Labute approximate surface area is 166 Å². The van der Waals surface area contributed by atoms with Gasteiger partial charge in [-0.1, -0.05) is 12.1 Å². The van der Waals surface area contributed by atoms with Crippen molar-refractivity contribution in [3.63, 3.8) is 0 Å². The average Bonchev–Trinajstić information content (AvgIpc) is 2.74. The number of aromatic nitrogens is 2. The summed E-state index contributed by atoms with van der Waals surface area (Å²) in [5.41, 5.74) is 11.6. The van der Waals surface area contributed by atoms with Crippen LogP contribution in [0.15, 0.2) is 48.8 Å². The number of benzene rings is 2.